The molecular weight excluding hydrogens is 276 g/mol. The number of nitrogens with two attached hydrogens (primary N) is 1. The Kier molecular flexibility index (Phi) is 12.4. The molecule has 0 aliphatic heterocycles. The van der Waals surface area contributed by atoms with Crippen molar-refractivity contribution in [2.45, 2.75) is 60.9 Å². The number of aryl methyl sites for hydroxylation is 1. The van der Waals surface area contributed by atoms with Gasteiger partial charge in [-0.25, -0.2) is 0 Å². The summed E-state index contributed by atoms with van der Waals surface area (Å²) in [7, 11) is 1.94. The number of aromatic nitrogens is 1. The van der Waals surface area contributed by atoms with Crippen LogP contribution in [0.3, 0.4) is 0 Å². The third-order valence-electron chi connectivity index (χ3n) is 2.68. The van der Waals surface area contributed by atoms with Gasteiger partial charge in [0.25, 0.3) is 0 Å². The monoisotopic (exact) mass is 310 g/mol. The second kappa shape index (κ2) is 12.0. The molecular formula is C18H34N2O2. The Hall–Kier alpha value is -1.55. The molecule has 128 valence electrons. The van der Waals surface area contributed by atoms with Crippen LogP contribution in [0.1, 0.15) is 58.4 Å². The Morgan fingerprint density at radius 2 is 1.82 bits per heavy atom. The van der Waals surface area contributed by atoms with E-state index < -0.39 is 12.0 Å². The highest BCUT2D eigenvalue weighted by molar-refractivity contribution is 5.73. The molecule has 1 rings (SSSR count). The molecule has 0 fully saturated rings. The van der Waals surface area contributed by atoms with Gasteiger partial charge in [0.15, 0.2) is 0 Å². The summed E-state index contributed by atoms with van der Waals surface area (Å²) in [5, 5.41) is 8.77. The highest BCUT2D eigenvalue weighted by atomic mass is 16.4. The van der Waals surface area contributed by atoms with E-state index in [0.29, 0.717) is 6.42 Å². The first kappa shape index (κ1) is 22.7. The molecule has 0 amide bonds. The van der Waals surface area contributed by atoms with Gasteiger partial charge < -0.3 is 15.4 Å². The number of rotatable bonds is 4. The molecule has 1 heterocycles. The Balaban J connectivity index is 0. The van der Waals surface area contributed by atoms with Crippen molar-refractivity contribution in [3.63, 3.8) is 0 Å². The fourth-order valence-corrected chi connectivity index (χ4v) is 1.76. The van der Waals surface area contributed by atoms with Gasteiger partial charge in [0.2, 0.25) is 0 Å². The van der Waals surface area contributed by atoms with E-state index in [1.54, 1.807) is 0 Å². The first-order chi connectivity index (χ1) is 10.2. The molecule has 1 aromatic heterocycles. The van der Waals surface area contributed by atoms with E-state index in [1.807, 2.05) is 57.7 Å². The summed E-state index contributed by atoms with van der Waals surface area (Å²) in [6, 6.07) is -0.834. The molecule has 4 heteroatoms. The van der Waals surface area contributed by atoms with Gasteiger partial charge in [-0.1, -0.05) is 40.7 Å². The lowest BCUT2D eigenvalue weighted by Gasteiger charge is -2.05. The van der Waals surface area contributed by atoms with Gasteiger partial charge in [0, 0.05) is 18.9 Å². The molecule has 0 spiro atoms. The van der Waals surface area contributed by atoms with Gasteiger partial charge in [0.1, 0.15) is 6.04 Å². The smallest absolute Gasteiger partial charge is 0.320 e. The number of aliphatic carboxylic acids is 1. The Morgan fingerprint density at radius 1 is 1.36 bits per heavy atom. The first-order valence-corrected chi connectivity index (χ1v) is 7.96. The number of carbonyl (C=O) groups is 1. The van der Waals surface area contributed by atoms with Crippen LogP contribution in [0.15, 0.2) is 12.3 Å². The van der Waals surface area contributed by atoms with Crippen LogP contribution < -0.4 is 5.73 Å². The second-order valence-electron chi connectivity index (χ2n) is 5.66. The van der Waals surface area contributed by atoms with Crippen molar-refractivity contribution < 1.29 is 9.90 Å². The Labute approximate surface area is 136 Å². The number of carboxylic acids is 1. The predicted molar refractivity (Wildman–Crippen MR) is 96.0 cm³/mol. The van der Waals surface area contributed by atoms with Gasteiger partial charge in [-0.05, 0) is 43.4 Å². The zero-order valence-corrected chi connectivity index (χ0v) is 15.5. The standard InChI is InChI=1S/C12H18N2O2.C4H10.C2H6/c1-4-5-11-8(2)9(7-14(11)3)6-10(13)12(15)16;1-4(2)3;1-2/h4-5,7,10H,6,13H2,1-3H3,(H,15,16);4H,1-3H3;1-2H3/b5-4-;;. The van der Waals surface area contributed by atoms with E-state index in [2.05, 4.69) is 20.8 Å². The van der Waals surface area contributed by atoms with E-state index in [-0.39, 0.29) is 0 Å². The van der Waals surface area contributed by atoms with Crippen molar-refractivity contribution in [1.82, 2.24) is 4.57 Å². The number of hydrogen-bond acceptors (Lipinski definition) is 2. The average molecular weight is 310 g/mol. The maximum atomic E-state index is 10.7. The topological polar surface area (TPSA) is 68.2 Å². The van der Waals surface area contributed by atoms with Gasteiger partial charge in [-0.3, -0.25) is 4.79 Å². The van der Waals surface area contributed by atoms with Crippen LogP contribution in [0.25, 0.3) is 6.08 Å². The molecule has 0 aliphatic carbocycles. The summed E-state index contributed by atoms with van der Waals surface area (Å²) in [5.74, 6) is -0.129. The van der Waals surface area contributed by atoms with Crippen molar-refractivity contribution in [3.05, 3.63) is 29.1 Å². The van der Waals surface area contributed by atoms with Crippen molar-refractivity contribution >= 4 is 12.0 Å². The Bertz CT molecular complexity index is 457. The van der Waals surface area contributed by atoms with E-state index >= 15 is 0 Å². The minimum Gasteiger partial charge on any atom is -0.480 e. The number of carboxylic acid groups (broad SMARTS) is 1. The van der Waals surface area contributed by atoms with Crippen molar-refractivity contribution in [3.8, 4) is 0 Å². The number of allylic oxidation sites excluding steroid dienone is 1. The summed E-state index contributed by atoms with van der Waals surface area (Å²) in [6.07, 6.45) is 6.27. The normalized spacial score (nSPS) is 11.5. The average Bonchev–Trinajstić information content (AvgIpc) is 2.68. The van der Waals surface area contributed by atoms with Gasteiger partial charge in [-0.2, -0.15) is 0 Å². The van der Waals surface area contributed by atoms with Crippen molar-refractivity contribution in [2.24, 2.45) is 18.7 Å². The lowest BCUT2D eigenvalue weighted by Crippen LogP contribution is -2.32. The summed E-state index contributed by atoms with van der Waals surface area (Å²) in [6.45, 7) is 14.4. The molecule has 22 heavy (non-hydrogen) atoms. The van der Waals surface area contributed by atoms with Crippen LogP contribution in [0, 0.1) is 12.8 Å². The zero-order chi connectivity index (χ0) is 17.9. The van der Waals surface area contributed by atoms with Crippen LogP contribution in [-0.4, -0.2) is 21.7 Å². The zero-order valence-electron chi connectivity index (χ0n) is 15.5. The molecule has 0 saturated heterocycles. The SMILES string of the molecule is C/C=C\c1c(C)c(CC(N)C(=O)O)cn1C.CC.CC(C)C. The van der Waals surface area contributed by atoms with E-state index in [0.717, 1.165) is 22.7 Å². The van der Waals surface area contributed by atoms with Crippen LogP contribution in [0.5, 0.6) is 0 Å². The maximum Gasteiger partial charge on any atom is 0.320 e. The molecule has 1 unspecified atom stereocenters. The lowest BCUT2D eigenvalue weighted by atomic mass is 10.0. The molecule has 0 aromatic carbocycles. The molecule has 0 saturated carbocycles. The van der Waals surface area contributed by atoms with Crippen LogP contribution in [0.2, 0.25) is 0 Å². The fraction of sp³-hybridized carbons (Fsp3) is 0.611. The number of nitrogens with zero attached hydrogens (tertiary/aromatic N) is 1. The lowest BCUT2D eigenvalue weighted by molar-refractivity contribution is -0.138. The minimum atomic E-state index is -0.962. The second-order valence-corrected chi connectivity index (χ2v) is 5.66. The van der Waals surface area contributed by atoms with Gasteiger partial charge >= 0.3 is 5.97 Å². The summed E-state index contributed by atoms with van der Waals surface area (Å²) in [4.78, 5) is 10.7. The molecule has 0 bridgehead atoms. The molecule has 3 N–H and O–H groups in total. The minimum absolute atomic E-state index is 0.368. The van der Waals surface area contributed by atoms with E-state index in [1.165, 1.54) is 0 Å². The van der Waals surface area contributed by atoms with Gasteiger partial charge in [0.05, 0.1) is 0 Å². The van der Waals surface area contributed by atoms with Gasteiger partial charge in [-0.15, -0.1) is 0 Å². The quantitative estimate of drug-likeness (QED) is 0.883. The highest BCUT2D eigenvalue weighted by Crippen LogP contribution is 2.18. The predicted octanol–water partition coefficient (Wildman–Crippen LogP) is 4.01. The third kappa shape index (κ3) is 8.67. The summed E-state index contributed by atoms with van der Waals surface area (Å²) < 4.78 is 1.99. The molecule has 1 atom stereocenters. The molecule has 0 aliphatic rings. The van der Waals surface area contributed by atoms with Crippen LogP contribution in [0.4, 0.5) is 0 Å². The fourth-order valence-electron chi connectivity index (χ4n) is 1.76. The molecule has 4 nitrogen and oxygen atoms in total. The molecule has 0 radical (unpaired) electrons. The van der Waals surface area contributed by atoms with Crippen molar-refractivity contribution in [1.29, 1.82) is 0 Å². The number of hydrogen-bond donors (Lipinski definition) is 2. The van der Waals surface area contributed by atoms with Crippen LogP contribution in [-0.2, 0) is 18.3 Å². The molecule has 1 aromatic rings. The largest absolute Gasteiger partial charge is 0.480 e. The maximum absolute atomic E-state index is 10.7. The van der Waals surface area contributed by atoms with E-state index in [4.69, 9.17) is 10.8 Å². The summed E-state index contributed by atoms with van der Waals surface area (Å²) in [5.41, 5.74) is 8.70. The van der Waals surface area contributed by atoms with Crippen molar-refractivity contribution in [2.75, 3.05) is 0 Å². The van der Waals surface area contributed by atoms with E-state index in [9.17, 15) is 4.79 Å². The summed E-state index contributed by atoms with van der Waals surface area (Å²) >= 11 is 0. The first-order valence-electron chi connectivity index (χ1n) is 7.96. The third-order valence-corrected chi connectivity index (χ3v) is 2.68. The Morgan fingerprint density at radius 3 is 2.18 bits per heavy atom. The van der Waals surface area contributed by atoms with Crippen LogP contribution >= 0.6 is 0 Å². The highest BCUT2D eigenvalue weighted by Gasteiger charge is 2.16.